The molecule has 1 rings (SSSR count). The average Bonchev–Trinajstić information content (AvgIpc) is 2.95. The van der Waals surface area contributed by atoms with Crippen molar-refractivity contribution >= 4 is 5.97 Å². The van der Waals surface area contributed by atoms with Gasteiger partial charge in [0.05, 0.1) is 19.3 Å². The summed E-state index contributed by atoms with van der Waals surface area (Å²) in [4.78, 5) is 11.1. The fraction of sp³-hybridized carbons (Fsp3) is 0.783. The van der Waals surface area contributed by atoms with Gasteiger partial charge in [-0.3, -0.25) is 4.79 Å². The number of carbonyl (C=O) groups is 1. The number of aliphatic hydroxyl groups excluding tert-OH is 2. The molecule has 1 aliphatic carbocycles. The molecule has 0 bridgehead atoms. The maximum absolute atomic E-state index is 11.1. The lowest BCUT2D eigenvalue weighted by Crippen LogP contribution is -2.19. The molecule has 0 aromatic heterocycles. The molecule has 0 aromatic carbocycles. The number of methoxy groups -OCH3 is 1. The molecule has 28 heavy (non-hydrogen) atoms. The zero-order valence-electron chi connectivity index (χ0n) is 17.7. The molecule has 0 heterocycles. The Bertz CT molecular complexity index is 460. The van der Waals surface area contributed by atoms with Crippen LogP contribution in [-0.4, -0.2) is 48.7 Å². The van der Waals surface area contributed by atoms with E-state index in [0.29, 0.717) is 12.8 Å². The molecule has 0 saturated heterocycles. The van der Waals surface area contributed by atoms with Gasteiger partial charge in [-0.25, -0.2) is 0 Å². The van der Waals surface area contributed by atoms with Gasteiger partial charge in [0.25, 0.3) is 0 Å². The largest absolute Gasteiger partial charge is 0.469 e. The summed E-state index contributed by atoms with van der Waals surface area (Å²) in [5, 5.41) is 20.6. The molecule has 0 radical (unpaired) electrons. The minimum atomic E-state index is -0.463. The van der Waals surface area contributed by atoms with Gasteiger partial charge >= 0.3 is 5.97 Å². The highest BCUT2D eigenvalue weighted by atomic mass is 16.5. The summed E-state index contributed by atoms with van der Waals surface area (Å²) < 4.78 is 9.96. The number of unbranched alkanes of at least 4 members (excludes halogenated alkanes) is 5. The van der Waals surface area contributed by atoms with Gasteiger partial charge < -0.3 is 19.7 Å². The van der Waals surface area contributed by atoms with Crippen LogP contribution in [0.25, 0.3) is 0 Å². The predicted molar refractivity (Wildman–Crippen MR) is 112 cm³/mol. The molecule has 2 N–H and O–H groups in total. The number of allylic oxidation sites excluding steroid dienone is 3. The molecule has 5 heteroatoms. The number of aliphatic hydroxyl groups is 2. The SMILES string of the molecule is CCOCCCCCC/C=C/[C@@H]1C(C/C=C\CCCC(=O)OC)[C@@H](O)C[C@H]1O. The Labute approximate surface area is 170 Å². The van der Waals surface area contributed by atoms with E-state index in [4.69, 9.17) is 4.74 Å². The van der Waals surface area contributed by atoms with E-state index in [1.54, 1.807) is 0 Å². The number of carbonyl (C=O) groups excluding carboxylic acids is 1. The van der Waals surface area contributed by atoms with Gasteiger partial charge in [0.1, 0.15) is 0 Å². The Balaban J connectivity index is 2.27. The van der Waals surface area contributed by atoms with Gasteiger partial charge in [0.2, 0.25) is 0 Å². The van der Waals surface area contributed by atoms with Crippen LogP contribution in [0.4, 0.5) is 0 Å². The summed E-state index contributed by atoms with van der Waals surface area (Å²) in [6, 6.07) is 0. The maximum atomic E-state index is 11.1. The van der Waals surface area contributed by atoms with Crippen molar-refractivity contribution < 1.29 is 24.5 Å². The number of hydrogen-bond donors (Lipinski definition) is 2. The van der Waals surface area contributed by atoms with Crippen molar-refractivity contribution in [1.29, 1.82) is 0 Å². The second kappa shape index (κ2) is 15.7. The highest BCUT2D eigenvalue weighted by Gasteiger charge is 2.39. The third-order valence-corrected chi connectivity index (χ3v) is 5.44. The van der Waals surface area contributed by atoms with Crippen LogP contribution >= 0.6 is 0 Å². The molecular weight excluding hydrogens is 356 g/mol. The zero-order valence-corrected chi connectivity index (χ0v) is 17.7. The fourth-order valence-corrected chi connectivity index (χ4v) is 3.76. The molecule has 162 valence electrons. The lowest BCUT2D eigenvalue weighted by atomic mass is 9.89. The van der Waals surface area contributed by atoms with Crippen molar-refractivity contribution in [2.75, 3.05) is 20.3 Å². The second-order valence-corrected chi connectivity index (χ2v) is 7.62. The average molecular weight is 397 g/mol. The summed E-state index contributed by atoms with van der Waals surface area (Å²) in [6.45, 7) is 3.67. The van der Waals surface area contributed by atoms with E-state index in [-0.39, 0.29) is 17.8 Å². The fourth-order valence-electron chi connectivity index (χ4n) is 3.76. The van der Waals surface area contributed by atoms with Gasteiger partial charge in [-0.15, -0.1) is 0 Å². The molecule has 0 aliphatic heterocycles. The van der Waals surface area contributed by atoms with Crippen LogP contribution in [0.15, 0.2) is 24.3 Å². The predicted octanol–water partition coefficient (Wildman–Crippen LogP) is 4.18. The van der Waals surface area contributed by atoms with E-state index in [0.717, 1.165) is 51.7 Å². The molecule has 4 atom stereocenters. The monoisotopic (exact) mass is 396 g/mol. The van der Waals surface area contributed by atoms with Gasteiger partial charge in [-0.05, 0) is 51.4 Å². The zero-order chi connectivity index (χ0) is 20.6. The van der Waals surface area contributed by atoms with Crippen LogP contribution in [0, 0.1) is 11.8 Å². The molecule has 0 amide bonds. The third kappa shape index (κ3) is 10.4. The number of hydrogen-bond acceptors (Lipinski definition) is 5. The van der Waals surface area contributed by atoms with E-state index >= 15 is 0 Å². The Morgan fingerprint density at radius 1 is 1.00 bits per heavy atom. The minimum Gasteiger partial charge on any atom is -0.469 e. The first-order valence-corrected chi connectivity index (χ1v) is 10.9. The van der Waals surface area contributed by atoms with Crippen LogP contribution in [0.1, 0.15) is 71.1 Å². The molecular formula is C23H40O5. The Hall–Kier alpha value is -1.17. The Morgan fingerprint density at radius 3 is 2.50 bits per heavy atom. The number of ether oxygens (including phenoxy) is 2. The molecule has 1 aliphatic rings. The van der Waals surface area contributed by atoms with Crippen LogP contribution in [0.3, 0.4) is 0 Å². The van der Waals surface area contributed by atoms with Gasteiger partial charge in [-0.2, -0.15) is 0 Å². The smallest absolute Gasteiger partial charge is 0.305 e. The van der Waals surface area contributed by atoms with Gasteiger partial charge in [-0.1, -0.05) is 37.1 Å². The lowest BCUT2D eigenvalue weighted by molar-refractivity contribution is -0.140. The topological polar surface area (TPSA) is 76.0 Å². The first kappa shape index (κ1) is 24.9. The summed E-state index contributed by atoms with van der Waals surface area (Å²) in [6.07, 6.45) is 16.4. The third-order valence-electron chi connectivity index (χ3n) is 5.44. The summed E-state index contributed by atoms with van der Waals surface area (Å²) in [5.74, 6) is -0.0933. The van der Waals surface area contributed by atoms with Crippen LogP contribution in [0.5, 0.6) is 0 Å². The van der Waals surface area contributed by atoms with Gasteiger partial charge in [0.15, 0.2) is 0 Å². The van der Waals surface area contributed by atoms with Crippen molar-refractivity contribution in [3.8, 4) is 0 Å². The lowest BCUT2D eigenvalue weighted by Gasteiger charge is -2.19. The van der Waals surface area contributed by atoms with Crippen LogP contribution in [-0.2, 0) is 14.3 Å². The van der Waals surface area contributed by atoms with Crippen molar-refractivity contribution in [3.63, 3.8) is 0 Å². The molecule has 0 spiro atoms. The van der Waals surface area contributed by atoms with Crippen molar-refractivity contribution in [2.45, 2.75) is 83.3 Å². The Morgan fingerprint density at radius 2 is 1.75 bits per heavy atom. The summed E-state index contributed by atoms with van der Waals surface area (Å²) in [5.41, 5.74) is 0. The standard InChI is InChI=1S/C23H40O5/c1-3-28-17-13-9-5-4-6-10-14-19-20(22(25)18-21(19)24)15-11-7-8-12-16-23(26)27-2/h7,10-11,14,19-22,24-25H,3-6,8-9,12-13,15-18H2,1-2H3/b11-7-,14-10+/t19-,20?,21-,22+/m1/s1. The summed E-state index contributed by atoms with van der Waals surface area (Å²) >= 11 is 0. The van der Waals surface area contributed by atoms with E-state index in [9.17, 15) is 15.0 Å². The molecule has 1 saturated carbocycles. The van der Waals surface area contributed by atoms with Gasteiger partial charge in [0, 0.05) is 32.0 Å². The van der Waals surface area contributed by atoms with Crippen LogP contribution < -0.4 is 0 Å². The van der Waals surface area contributed by atoms with Crippen molar-refractivity contribution in [3.05, 3.63) is 24.3 Å². The normalized spacial score (nSPS) is 25.1. The van der Waals surface area contributed by atoms with E-state index < -0.39 is 12.2 Å². The Kier molecular flexibility index (Phi) is 14.0. The first-order valence-electron chi connectivity index (χ1n) is 10.9. The molecule has 1 fully saturated rings. The van der Waals surface area contributed by atoms with E-state index in [1.807, 2.05) is 6.92 Å². The van der Waals surface area contributed by atoms with Crippen molar-refractivity contribution in [1.82, 2.24) is 0 Å². The maximum Gasteiger partial charge on any atom is 0.305 e. The second-order valence-electron chi connectivity index (χ2n) is 7.62. The molecule has 0 aromatic rings. The quantitative estimate of drug-likeness (QED) is 0.247. The van der Waals surface area contributed by atoms with E-state index in [1.165, 1.54) is 20.0 Å². The highest BCUT2D eigenvalue weighted by Crippen LogP contribution is 2.36. The molecule has 1 unspecified atom stereocenters. The first-order chi connectivity index (χ1) is 13.6. The molecule has 5 nitrogen and oxygen atoms in total. The van der Waals surface area contributed by atoms with Crippen molar-refractivity contribution in [2.24, 2.45) is 11.8 Å². The number of esters is 1. The summed E-state index contributed by atoms with van der Waals surface area (Å²) in [7, 11) is 1.40. The number of rotatable bonds is 15. The highest BCUT2D eigenvalue weighted by molar-refractivity contribution is 5.69. The van der Waals surface area contributed by atoms with E-state index in [2.05, 4.69) is 29.0 Å². The van der Waals surface area contributed by atoms with Crippen LogP contribution in [0.2, 0.25) is 0 Å². The minimum absolute atomic E-state index is 0.0210.